The van der Waals surface area contributed by atoms with Gasteiger partial charge in [-0.1, -0.05) is 13.0 Å². The molecule has 0 radical (unpaired) electrons. The zero-order valence-corrected chi connectivity index (χ0v) is 16.6. The number of aromatic nitrogens is 1. The highest BCUT2D eigenvalue weighted by Crippen LogP contribution is 2.46. The first-order valence-corrected chi connectivity index (χ1v) is 9.51. The Kier molecular flexibility index (Phi) is 5.39. The van der Waals surface area contributed by atoms with Gasteiger partial charge >= 0.3 is 0 Å². The van der Waals surface area contributed by atoms with E-state index in [0.29, 0.717) is 11.3 Å². The normalized spacial score (nSPS) is 19.3. The molecule has 1 aromatic carbocycles. The molecule has 0 aliphatic carbocycles. The molecule has 2 unspecified atom stereocenters. The Hall–Kier alpha value is -2.96. The molecule has 6 heteroatoms. The molecule has 27 heavy (non-hydrogen) atoms. The van der Waals surface area contributed by atoms with Gasteiger partial charge in [-0.25, -0.2) is 11.6 Å². The maximum Gasteiger partial charge on any atom is 0.272 e. The number of aryl methyl sites for hydroxylation is 1. The summed E-state index contributed by atoms with van der Waals surface area (Å²) in [6.45, 7) is 13.7. The molecule has 0 N–H and O–H groups in total. The van der Waals surface area contributed by atoms with E-state index in [9.17, 15) is 5.26 Å². The smallest absolute Gasteiger partial charge is 0.272 e. The third kappa shape index (κ3) is 3.37. The highest BCUT2D eigenvalue weighted by atomic mass is 32.1. The first kappa shape index (κ1) is 18.8. The third-order valence-corrected chi connectivity index (χ3v) is 5.93. The maximum absolute atomic E-state index is 9.21. The van der Waals surface area contributed by atoms with Crippen molar-refractivity contribution in [2.75, 3.05) is 7.11 Å². The lowest BCUT2D eigenvalue weighted by molar-refractivity contribution is 0.408. The number of nitriles is 1. The molecule has 5 nitrogen and oxygen atoms in total. The lowest BCUT2D eigenvalue weighted by Crippen LogP contribution is -2.28. The Morgan fingerprint density at radius 2 is 2.15 bits per heavy atom. The number of hydrogen-bond acceptors (Lipinski definition) is 5. The van der Waals surface area contributed by atoms with E-state index in [1.165, 1.54) is 4.88 Å². The number of methoxy groups -OCH3 is 1. The Bertz CT molecular complexity index is 1020. The van der Waals surface area contributed by atoms with Gasteiger partial charge in [-0.05, 0) is 32.4 Å². The highest BCUT2D eigenvalue weighted by molar-refractivity contribution is 7.12. The standard InChI is InChI=1S/C21H20N4OS/c1-6-15-11-24-21(27-15)18-12(2)25-13(3)20(23-4)19(18)16-8-7-14(10-22)9-17(16)26-5/h7-9,11,19-20H,6H2,1-3,5H3. The number of nitrogens with zero attached hydrogens (tertiary/aromatic N) is 4. The molecule has 2 heterocycles. The molecule has 0 bridgehead atoms. The minimum Gasteiger partial charge on any atom is -0.496 e. The van der Waals surface area contributed by atoms with Crippen LogP contribution in [0.2, 0.25) is 0 Å². The minimum atomic E-state index is -0.431. The number of ether oxygens (including phenoxy) is 1. The molecular formula is C21H20N4OS. The van der Waals surface area contributed by atoms with Crippen LogP contribution in [0.25, 0.3) is 10.4 Å². The van der Waals surface area contributed by atoms with Crippen molar-refractivity contribution in [3.63, 3.8) is 0 Å². The maximum atomic E-state index is 9.21. The molecule has 2 atom stereocenters. The van der Waals surface area contributed by atoms with E-state index < -0.39 is 6.04 Å². The van der Waals surface area contributed by atoms with Crippen LogP contribution in [0, 0.1) is 17.9 Å². The molecule has 2 aromatic rings. The van der Waals surface area contributed by atoms with Crippen molar-refractivity contribution in [3.8, 4) is 11.8 Å². The van der Waals surface area contributed by atoms with Crippen LogP contribution in [0.15, 0.2) is 35.1 Å². The van der Waals surface area contributed by atoms with Gasteiger partial charge in [0.05, 0.1) is 30.4 Å². The fourth-order valence-electron chi connectivity index (χ4n) is 3.43. The van der Waals surface area contributed by atoms with E-state index in [4.69, 9.17) is 11.3 Å². The van der Waals surface area contributed by atoms with E-state index in [2.05, 4.69) is 27.8 Å². The van der Waals surface area contributed by atoms with Gasteiger partial charge in [0.15, 0.2) is 0 Å². The molecule has 1 aromatic heterocycles. The number of allylic oxidation sites excluding steroid dienone is 1. The lowest BCUT2D eigenvalue weighted by atomic mass is 9.80. The quantitative estimate of drug-likeness (QED) is 0.716. The van der Waals surface area contributed by atoms with E-state index in [0.717, 1.165) is 34.0 Å². The number of hydrogen-bond donors (Lipinski definition) is 0. The molecule has 136 valence electrons. The summed E-state index contributed by atoms with van der Waals surface area (Å²) in [5.74, 6) is 0.374. The summed E-state index contributed by atoms with van der Waals surface area (Å²) in [6, 6.07) is 7.10. The molecule has 0 fully saturated rings. The van der Waals surface area contributed by atoms with Gasteiger partial charge < -0.3 is 9.58 Å². The van der Waals surface area contributed by atoms with Crippen LogP contribution in [0.3, 0.4) is 0 Å². The number of thiazole rings is 1. The first-order valence-electron chi connectivity index (χ1n) is 8.69. The minimum absolute atomic E-state index is 0.237. The second-order valence-corrected chi connectivity index (χ2v) is 7.47. The summed E-state index contributed by atoms with van der Waals surface area (Å²) in [5.41, 5.74) is 4.04. The zero-order chi connectivity index (χ0) is 19.6. The highest BCUT2D eigenvalue weighted by Gasteiger charge is 2.41. The van der Waals surface area contributed by atoms with Gasteiger partial charge in [0, 0.05) is 27.9 Å². The number of aliphatic imine (C=N–C) groups is 1. The van der Waals surface area contributed by atoms with Gasteiger partial charge in [-0.3, -0.25) is 4.99 Å². The van der Waals surface area contributed by atoms with Crippen molar-refractivity contribution in [1.82, 2.24) is 4.98 Å². The summed E-state index contributed by atoms with van der Waals surface area (Å²) in [7, 11) is 1.59. The Balaban J connectivity index is 2.25. The third-order valence-electron chi connectivity index (χ3n) is 4.76. The van der Waals surface area contributed by atoms with Crippen LogP contribution in [-0.2, 0) is 6.42 Å². The van der Waals surface area contributed by atoms with E-state index in [1.807, 2.05) is 26.1 Å². The fourth-order valence-corrected chi connectivity index (χ4v) is 4.42. The molecule has 0 spiro atoms. The number of benzene rings is 1. The summed E-state index contributed by atoms with van der Waals surface area (Å²) < 4.78 is 5.58. The fraction of sp³-hybridized carbons (Fsp3) is 0.333. The molecule has 0 saturated carbocycles. The summed E-state index contributed by atoms with van der Waals surface area (Å²) in [6.07, 6.45) is 2.81. The van der Waals surface area contributed by atoms with E-state index in [1.54, 1.807) is 30.6 Å². The van der Waals surface area contributed by atoms with Crippen LogP contribution < -0.4 is 4.74 Å². The number of rotatable bonds is 4. The average molecular weight is 376 g/mol. The van der Waals surface area contributed by atoms with Crippen molar-refractivity contribution in [2.24, 2.45) is 4.99 Å². The van der Waals surface area contributed by atoms with Gasteiger partial charge in [-0.2, -0.15) is 5.26 Å². The van der Waals surface area contributed by atoms with Crippen LogP contribution in [0.1, 0.15) is 47.7 Å². The van der Waals surface area contributed by atoms with Gasteiger partial charge in [0.25, 0.3) is 6.04 Å². The van der Waals surface area contributed by atoms with Crippen LogP contribution in [0.4, 0.5) is 0 Å². The second kappa shape index (κ2) is 7.73. The van der Waals surface area contributed by atoms with Gasteiger partial charge in [0.2, 0.25) is 0 Å². The summed E-state index contributed by atoms with van der Waals surface area (Å²) in [5, 5.41) is 10.1. The summed E-state index contributed by atoms with van der Waals surface area (Å²) >= 11 is 1.64. The largest absolute Gasteiger partial charge is 0.496 e. The molecule has 3 rings (SSSR count). The predicted octanol–water partition coefficient (Wildman–Crippen LogP) is 4.86. The van der Waals surface area contributed by atoms with Crippen molar-refractivity contribution in [1.29, 1.82) is 5.26 Å². The lowest BCUT2D eigenvalue weighted by Gasteiger charge is -2.27. The van der Waals surface area contributed by atoms with Gasteiger partial charge in [-0.15, -0.1) is 11.3 Å². The zero-order valence-electron chi connectivity index (χ0n) is 15.8. The monoisotopic (exact) mass is 376 g/mol. The first-order chi connectivity index (χ1) is 13.0. The molecule has 1 aliphatic rings. The van der Waals surface area contributed by atoms with Crippen LogP contribution >= 0.6 is 11.3 Å². The second-order valence-electron chi connectivity index (χ2n) is 6.36. The SMILES string of the molecule is [C-]#[N+]C1C(C)=NC(C)=C(c2ncc(CC)s2)C1c1ccc(C#N)cc1OC. The van der Waals surface area contributed by atoms with Crippen molar-refractivity contribution in [2.45, 2.75) is 39.2 Å². The Morgan fingerprint density at radius 3 is 2.74 bits per heavy atom. The average Bonchev–Trinajstić information content (AvgIpc) is 3.15. The van der Waals surface area contributed by atoms with Crippen molar-refractivity contribution >= 4 is 22.6 Å². The van der Waals surface area contributed by atoms with Gasteiger partial charge in [0.1, 0.15) is 10.8 Å². The Labute approximate surface area is 163 Å². The summed E-state index contributed by atoms with van der Waals surface area (Å²) in [4.78, 5) is 14.3. The van der Waals surface area contributed by atoms with E-state index in [-0.39, 0.29) is 5.92 Å². The van der Waals surface area contributed by atoms with Crippen molar-refractivity contribution < 1.29 is 4.74 Å². The van der Waals surface area contributed by atoms with E-state index >= 15 is 0 Å². The topological polar surface area (TPSA) is 62.6 Å². The molecular weight excluding hydrogens is 356 g/mol. The van der Waals surface area contributed by atoms with Crippen LogP contribution in [-0.4, -0.2) is 23.8 Å². The molecule has 1 aliphatic heterocycles. The Morgan fingerprint density at radius 1 is 1.37 bits per heavy atom. The van der Waals surface area contributed by atoms with Crippen LogP contribution in [0.5, 0.6) is 5.75 Å². The molecule has 0 saturated heterocycles. The molecule has 0 amide bonds. The predicted molar refractivity (Wildman–Crippen MR) is 108 cm³/mol. The van der Waals surface area contributed by atoms with Crippen molar-refractivity contribution in [3.05, 3.63) is 62.5 Å².